The van der Waals surface area contributed by atoms with E-state index in [-0.39, 0.29) is 23.3 Å². The van der Waals surface area contributed by atoms with Gasteiger partial charge in [0.25, 0.3) is 5.91 Å². The van der Waals surface area contributed by atoms with Gasteiger partial charge in [-0.05, 0) is 29.9 Å². The number of aliphatic hydroxyl groups is 1. The second kappa shape index (κ2) is 6.18. The van der Waals surface area contributed by atoms with E-state index in [0.29, 0.717) is 6.54 Å². The molecule has 3 heteroatoms. The minimum atomic E-state index is -0.105. The molecule has 1 aliphatic carbocycles. The molecule has 1 aromatic rings. The molecule has 1 aliphatic rings. The molecule has 0 radical (unpaired) electrons. The van der Waals surface area contributed by atoms with Crippen LogP contribution in [0.4, 0.5) is 0 Å². The summed E-state index contributed by atoms with van der Waals surface area (Å²) in [6, 6.07) is 7.79. The normalized spacial score (nSPS) is 17.7. The summed E-state index contributed by atoms with van der Waals surface area (Å²) < 4.78 is 0. The molecule has 1 fully saturated rings. The molecule has 21 heavy (non-hydrogen) atoms. The summed E-state index contributed by atoms with van der Waals surface area (Å²) in [5.41, 5.74) is 1.64. The van der Waals surface area contributed by atoms with Gasteiger partial charge in [-0.25, -0.2) is 0 Å². The summed E-state index contributed by atoms with van der Waals surface area (Å²) in [5.74, 6) is -0.0275. The van der Waals surface area contributed by atoms with Gasteiger partial charge in [0.1, 0.15) is 0 Å². The summed E-state index contributed by atoms with van der Waals surface area (Å²) >= 11 is 0. The average Bonchev–Trinajstić information content (AvgIpc) is 2.93. The van der Waals surface area contributed by atoms with Crippen LogP contribution in [0.3, 0.4) is 0 Å². The van der Waals surface area contributed by atoms with Gasteiger partial charge >= 0.3 is 0 Å². The molecule has 0 heterocycles. The van der Waals surface area contributed by atoms with Crippen LogP contribution in [0.1, 0.15) is 62.4 Å². The maximum atomic E-state index is 12.5. The zero-order chi connectivity index (χ0) is 15.5. The van der Waals surface area contributed by atoms with Crippen molar-refractivity contribution < 1.29 is 9.90 Å². The van der Waals surface area contributed by atoms with Gasteiger partial charge in [-0.15, -0.1) is 0 Å². The van der Waals surface area contributed by atoms with Crippen LogP contribution in [0, 0.1) is 5.41 Å². The Kier molecular flexibility index (Phi) is 4.72. The molecule has 1 amide bonds. The van der Waals surface area contributed by atoms with Crippen molar-refractivity contribution in [1.82, 2.24) is 5.32 Å². The molecule has 116 valence electrons. The van der Waals surface area contributed by atoms with Crippen molar-refractivity contribution in [2.45, 2.75) is 51.9 Å². The Morgan fingerprint density at radius 1 is 1.24 bits per heavy atom. The SMILES string of the molecule is CC(C)(C)c1ccccc1C(=O)NCC1(CO)CCCC1. The fourth-order valence-corrected chi connectivity index (χ4v) is 3.21. The molecular weight excluding hydrogens is 262 g/mol. The highest BCUT2D eigenvalue weighted by Crippen LogP contribution is 2.37. The Bertz CT molecular complexity index is 496. The largest absolute Gasteiger partial charge is 0.396 e. The Labute approximate surface area is 127 Å². The van der Waals surface area contributed by atoms with Gasteiger partial charge in [-0.1, -0.05) is 51.8 Å². The van der Waals surface area contributed by atoms with Crippen LogP contribution in [-0.2, 0) is 5.41 Å². The minimum Gasteiger partial charge on any atom is -0.396 e. The van der Waals surface area contributed by atoms with Gasteiger partial charge in [0, 0.05) is 17.5 Å². The van der Waals surface area contributed by atoms with E-state index < -0.39 is 0 Å². The lowest BCUT2D eigenvalue weighted by Gasteiger charge is -2.27. The van der Waals surface area contributed by atoms with E-state index in [2.05, 4.69) is 26.1 Å². The molecule has 0 aromatic heterocycles. The van der Waals surface area contributed by atoms with E-state index in [9.17, 15) is 9.90 Å². The number of hydrogen-bond donors (Lipinski definition) is 2. The van der Waals surface area contributed by atoms with Gasteiger partial charge in [-0.2, -0.15) is 0 Å². The number of nitrogens with one attached hydrogen (secondary N) is 1. The Morgan fingerprint density at radius 2 is 1.86 bits per heavy atom. The van der Waals surface area contributed by atoms with Crippen LogP contribution in [0.2, 0.25) is 0 Å². The fraction of sp³-hybridized carbons (Fsp3) is 0.611. The van der Waals surface area contributed by atoms with Crippen LogP contribution in [0.15, 0.2) is 24.3 Å². The predicted molar refractivity (Wildman–Crippen MR) is 85.5 cm³/mol. The van der Waals surface area contributed by atoms with Gasteiger partial charge < -0.3 is 10.4 Å². The molecule has 0 aliphatic heterocycles. The van der Waals surface area contributed by atoms with E-state index in [1.807, 2.05) is 24.3 Å². The second-order valence-electron chi connectivity index (χ2n) is 7.34. The van der Waals surface area contributed by atoms with E-state index in [4.69, 9.17) is 0 Å². The Morgan fingerprint density at radius 3 is 2.43 bits per heavy atom. The van der Waals surface area contributed by atoms with E-state index >= 15 is 0 Å². The molecule has 2 N–H and O–H groups in total. The van der Waals surface area contributed by atoms with Crippen molar-refractivity contribution >= 4 is 5.91 Å². The number of carbonyl (C=O) groups excluding carboxylic acids is 1. The zero-order valence-corrected chi connectivity index (χ0v) is 13.4. The lowest BCUT2D eigenvalue weighted by molar-refractivity contribution is 0.0878. The third-order valence-electron chi connectivity index (χ3n) is 4.60. The highest BCUT2D eigenvalue weighted by Gasteiger charge is 2.33. The van der Waals surface area contributed by atoms with E-state index in [1.165, 1.54) is 0 Å². The van der Waals surface area contributed by atoms with Crippen molar-refractivity contribution in [1.29, 1.82) is 0 Å². The van der Waals surface area contributed by atoms with Crippen molar-refractivity contribution in [2.75, 3.05) is 13.2 Å². The Balaban J connectivity index is 2.11. The van der Waals surface area contributed by atoms with Gasteiger partial charge in [0.05, 0.1) is 6.61 Å². The molecule has 0 saturated heterocycles. The first-order valence-electron chi connectivity index (χ1n) is 7.87. The first-order chi connectivity index (χ1) is 9.88. The quantitative estimate of drug-likeness (QED) is 0.894. The fourth-order valence-electron chi connectivity index (χ4n) is 3.21. The number of hydrogen-bond acceptors (Lipinski definition) is 2. The average molecular weight is 289 g/mol. The monoisotopic (exact) mass is 289 g/mol. The first-order valence-corrected chi connectivity index (χ1v) is 7.87. The number of aliphatic hydroxyl groups excluding tert-OH is 1. The van der Waals surface area contributed by atoms with Gasteiger partial charge in [-0.3, -0.25) is 4.79 Å². The molecule has 0 unspecified atom stereocenters. The van der Waals surface area contributed by atoms with Crippen molar-refractivity contribution in [3.63, 3.8) is 0 Å². The molecule has 1 saturated carbocycles. The van der Waals surface area contributed by atoms with Crippen molar-refractivity contribution in [3.05, 3.63) is 35.4 Å². The third kappa shape index (κ3) is 3.65. The number of carbonyl (C=O) groups is 1. The maximum absolute atomic E-state index is 12.5. The second-order valence-corrected chi connectivity index (χ2v) is 7.34. The molecule has 2 rings (SSSR count). The number of amides is 1. The van der Waals surface area contributed by atoms with Crippen molar-refractivity contribution in [2.24, 2.45) is 5.41 Å². The topological polar surface area (TPSA) is 49.3 Å². The summed E-state index contributed by atoms with van der Waals surface area (Å²) in [6.07, 6.45) is 4.30. The highest BCUT2D eigenvalue weighted by molar-refractivity contribution is 5.96. The van der Waals surface area contributed by atoms with Crippen LogP contribution in [0.25, 0.3) is 0 Å². The number of benzene rings is 1. The number of rotatable bonds is 4. The summed E-state index contributed by atoms with van der Waals surface area (Å²) in [7, 11) is 0. The standard InChI is InChI=1S/C18H27NO2/c1-17(2,3)15-9-5-4-8-14(15)16(21)19-12-18(13-20)10-6-7-11-18/h4-5,8-9,20H,6-7,10-13H2,1-3H3,(H,19,21). The van der Waals surface area contributed by atoms with Gasteiger partial charge in [0.15, 0.2) is 0 Å². The molecular formula is C18H27NO2. The lowest BCUT2D eigenvalue weighted by Crippen LogP contribution is -2.39. The predicted octanol–water partition coefficient (Wildman–Crippen LogP) is 3.27. The summed E-state index contributed by atoms with van der Waals surface area (Å²) in [5, 5.41) is 12.7. The van der Waals surface area contributed by atoms with Crippen LogP contribution in [-0.4, -0.2) is 24.2 Å². The maximum Gasteiger partial charge on any atom is 0.251 e. The molecule has 1 aromatic carbocycles. The smallest absolute Gasteiger partial charge is 0.251 e. The van der Waals surface area contributed by atoms with Crippen molar-refractivity contribution in [3.8, 4) is 0 Å². The lowest BCUT2D eigenvalue weighted by atomic mass is 9.83. The molecule has 0 atom stereocenters. The molecule has 0 bridgehead atoms. The summed E-state index contributed by atoms with van der Waals surface area (Å²) in [4.78, 5) is 12.5. The molecule has 3 nitrogen and oxygen atoms in total. The van der Waals surface area contributed by atoms with E-state index in [1.54, 1.807) is 0 Å². The Hall–Kier alpha value is -1.35. The van der Waals surface area contributed by atoms with Crippen LogP contribution < -0.4 is 5.32 Å². The van der Waals surface area contributed by atoms with E-state index in [0.717, 1.165) is 36.8 Å². The summed E-state index contributed by atoms with van der Waals surface area (Å²) in [6.45, 7) is 7.08. The van der Waals surface area contributed by atoms with Crippen LogP contribution in [0.5, 0.6) is 0 Å². The molecule has 0 spiro atoms. The van der Waals surface area contributed by atoms with Gasteiger partial charge in [0.2, 0.25) is 0 Å². The third-order valence-corrected chi connectivity index (χ3v) is 4.60. The first kappa shape index (κ1) is 16.0. The minimum absolute atomic E-state index is 0.0275. The van der Waals surface area contributed by atoms with Crippen LogP contribution >= 0.6 is 0 Å². The highest BCUT2D eigenvalue weighted by atomic mass is 16.3. The zero-order valence-electron chi connectivity index (χ0n) is 13.4.